The van der Waals surface area contributed by atoms with Crippen molar-refractivity contribution in [1.29, 1.82) is 0 Å². The van der Waals surface area contributed by atoms with Gasteiger partial charge in [-0.15, -0.1) is 0 Å². The Balaban J connectivity index is 1.19. The molecule has 1 saturated carbocycles. The molecule has 2 unspecified atom stereocenters. The molecule has 1 aliphatic carbocycles. The third-order valence-corrected chi connectivity index (χ3v) is 5.83. The van der Waals surface area contributed by atoms with Gasteiger partial charge in [-0.1, -0.05) is 50.2 Å². The van der Waals surface area contributed by atoms with Gasteiger partial charge in [-0.2, -0.15) is 0 Å². The highest BCUT2D eigenvalue weighted by Gasteiger charge is 2.38. The minimum absolute atomic E-state index is 0.192. The lowest BCUT2D eigenvalue weighted by atomic mass is 10.1. The number of anilines is 2. The van der Waals surface area contributed by atoms with Gasteiger partial charge in [0.1, 0.15) is 6.61 Å². The zero-order chi connectivity index (χ0) is 24.8. The molecule has 8 heteroatoms. The molecule has 5 N–H and O–H groups in total. The zero-order valence-corrected chi connectivity index (χ0v) is 20.0. The molecule has 0 aliphatic heterocycles. The molecule has 35 heavy (non-hydrogen) atoms. The van der Waals surface area contributed by atoms with Gasteiger partial charge in [-0.25, -0.2) is 4.79 Å². The van der Waals surface area contributed by atoms with Gasteiger partial charge in [0.15, 0.2) is 0 Å². The van der Waals surface area contributed by atoms with Crippen molar-refractivity contribution < 1.29 is 14.3 Å². The Kier molecular flexibility index (Phi) is 7.62. The Hall–Kier alpha value is -3.91. The number of nitrogens with one attached hydrogen (secondary N) is 3. The highest BCUT2D eigenvalue weighted by Crippen LogP contribution is 2.41. The summed E-state index contributed by atoms with van der Waals surface area (Å²) in [6, 6.07) is 19.6. The van der Waals surface area contributed by atoms with E-state index in [9.17, 15) is 9.59 Å². The van der Waals surface area contributed by atoms with E-state index >= 15 is 0 Å². The maximum Gasteiger partial charge on any atom is 0.407 e. The van der Waals surface area contributed by atoms with Gasteiger partial charge in [-0.3, -0.25) is 9.78 Å². The van der Waals surface area contributed by atoms with E-state index in [-0.39, 0.29) is 19.1 Å². The van der Waals surface area contributed by atoms with Crippen LogP contribution in [0.3, 0.4) is 0 Å². The summed E-state index contributed by atoms with van der Waals surface area (Å²) in [4.78, 5) is 28.7. The first kappa shape index (κ1) is 24.2. The minimum atomic E-state index is -0.527. The predicted octanol–water partition coefficient (Wildman–Crippen LogP) is 4.20. The second-order valence-corrected chi connectivity index (χ2v) is 9.02. The van der Waals surface area contributed by atoms with Crippen molar-refractivity contribution >= 4 is 23.4 Å². The van der Waals surface area contributed by atoms with Crippen LogP contribution in [0.15, 0.2) is 66.9 Å². The highest BCUT2D eigenvalue weighted by molar-refractivity contribution is 6.05. The van der Waals surface area contributed by atoms with Crippen molar-refractivity contribution in [3.05, 3.63) is 89.2 Å². The Morgan fingerprint density at radius 3 is 2.54 bits per heavy atom. The van der Waals surface area contributed by atoms with Crippen LogP contribution in [0.1, 0.15) is 53.4 Å². The van der Waals surface area contributed by atoms with Crippen molar-refractivity contribution in [2.75, 3.05) is 11.1 Å². The monoisotopic (exact) mass is 473 g/mol. The number of alkyl carbamates (subject to hydrolysis) is 1. The van der Waals surface area contributed by atoms with E-state index < -0.39 is 6.09 Å². The van der Waals surface area contributed by atoms with Gasteiger partial charge >= 0.3 is 6.09 Å². The van der Waals surface area contributed by atoms with Gasteiger partial charge in [0.2, 0.25) is 0 Å². The summed E-state index contributed by atoms with van der Waals surface area (Å²) in [5, 5.41) is 8.99. The Labute approximate surface area is 205 Å². The Bertz CT molecular complexity index is 1160. The fourth-order valence-corrected chi connectivity index (χ4v) is 3.87. The lowest BCUT2D eigenvalue weighted by Crippen LogP contribution is -2.25. The number of nitrogen functional groups attached to an aromatic ring is 1. The predicted molar refractivity (Wildman–Crippen MR) is 136 cm³/mol. The Morgan fingerprint density at radius 1 is 1.09 bits per heavy atom. The summed E-state index contributed by atoms with van der Waals surface area (Å²) in [5.41, 5.74) is 10.1. The lowest BCUT2D eigenvalue weighted by Gasteiger charge is -2.09. The van der Waals surface area contributed by atoms with Crippen molar-refractivity contribution in [3.63, 3.8) is 0 Å². The number of carbonyl (C=O) groups is 2. The Morgan fingerprint density at radius 2 is 1.86 bits per heavy atom. The molecule has 1 fully saturated rings. The second kappa shape index (κ2) is 11.0. The number of rotatable bonds is 9. The molecular weight excluding hydrogens is 442 g/mol. The first-order chi connectivity index (χ1) is 16.9. The number of aromatic nitrogens is 1. The van der Waals surface area contributed by atoms with Crippen molar-refractivity contribution in [3.8, 4) is 0 Å². The molecule has 2 aromatic carbocycles. The molecule has 8 nitrogen and oxygen atoms in total. The fraction of sp³-hybridized carbons (Fsp3) is 0.296. The number of para-hydroxylation sites is 2. The van der Waals surface area contributed by atoms with Gasteiger partial charge in [0.25, 0.3) is 5.91 Å². The van der Waals surface area contributed by atoms with Crippen LogP contribution in [0, 0.1) is 0 Å². The molecule has 1 aliphatic rings. The normalized spacial score (nSPS) is 16.5. The maximum absolute atomic E-state index is 12.4. The molecular formula is C27H31N5O3. The molecule has 1 aromatic heterocycles. The smallest absolute Gasteiger partial charge is 0.407 e. The number of pyridine rings is 1. The summed E-state index contributed by atoms with van der Waals surface area (Å²) in [7, 11) is 0. The topological polar surface area (TPSA) is 118 Å². The molecule has 2 amide bonds. The SMILES string of the molecule is CC(C)NC1CC1c1ccc(COC(=O)NCc2ccc(C(=O)Nc3ccccc3N)cn2)cc1. The largest absolute Gasteiger partial charge is 0.445 e. The first-order valence-electron chi connectivity index (χ1n) is 11.8. The molecule has 182 valence electrons. The number of amides is 2. The first-order valence-corrected chi connectivity index (χ1v) is 11.8. The van der Waals surface area contributed by atoms with Crippen LogP contribution in [0.4, 0.5) is 16.2 Å². The van der Waals surface area contributed by atoms with Gasteiger partial charge < -0.3 is 26.4 Å². The fourth-order valence-electron chi connectivity index (χ4n) is 3.87. The summed E-state index contributed by atoms with van der Waals surface area (Å²) >= 11 is 0. The van der Waals surface area contributed by atoms with Crippen LogP contribution >= 0.6 is 0 Å². The van der Waals surface area contributed by atoms with Gasteiger partial charge in [0.05, 0.1) is 29.2 Å². The molecule has 0 bridgehead atoms. The molecule has 1 heterocycles. The molecule has 4 rings (SSSR count). The van der Waals surface area contributed by atoms with Crippen LogP contribution in [-0.2, 0) is 17.9 Å². The third-order valence-electron chi connectivity index (χ3n) is 5.83. The van der Waals surface area contributed by atoms with Crippen LogP contribution in [0.2, 0.25) is 0 Å². The number of hydrogen-bond acceptors (Lipinski definition) is 6. The van der Waals surface area contributed by atoms with E-state index in [2.05, 4.69) is 46.9 Å². The average molecular weight is 474 g/mol. The third kappa shape index (κ3) is 6.80. The van der Waals surface area contributed by atoms with Crippen LogP contribution in [0.5, 0.6) is 0 Å². The summed E-state index contributed by atoms with van der Waals surface area (Å²) in [6.45, 7) is 4.71. The summed E-state index contributed by atoms with van der Waals surface area (Å²) in [6.07, 6.45) is 2.10. The minimum Gasteiger partial charge on any atom is -0.445 e. The number of benzene rings is 2. The quantitative estimate of drug-likeness (QED) is 0.346. The summed E-state index contributed by atoms with van der Waals surface area (Å²) in [5.74, 6) is 0.255. The van der Waals surface area contributed by atoms with Gasteiger partial charge in [0, 0.05) is 24.2 Å². The van der Waals surface area contributed by atoms with E-state index in [0.29, 0.717) is 40.6 Å². The molecule has 0 saturated heterocycles. The van der Waals surface area contributed by atoms with E-state index in [1.807, 2.05) is 12.1 Å². The van der Waals surface area contributed by atoms with Gasteiger partial charge in [-0.05, 0) is 41.8 Å². The standard InChI is InChI=1S/C27H31N5O3/c1-17(2)31-25-13-22(25)19-9-7-18(8-10-19)16-35-27(34)30-15-21-12-11-20(14-29-21)26(33)32-24-6-4-3-5-23(24)28/h3-12,14,17,22,25,31H,13,15-16,28H2,1-2H3,(H,30,34)(H,32,33). The average Bonchev–Trinajstić information content (AvgIpc) is 3.61. The number of hydrogen-bond donors (Lipinski definition) is 4. The van der Waals surface area contributed by atoms with Crippen molar-refractivity contribution in [1.82, 2.24) is 15.6 Å². The van der Waals surface area contributed by atoms with Crippen molar-refractivity contribution in [2.24, 2.45) is 0 Å². The molecule has 0 spiro atoms. The van der Waals surface area contributed by atoms with Crippen LogP contribution < -0.4 is 21.7 Å². The number of nitrogens with two attached hydrogens (primary N) is 1. The number of ether oxygens (including phenoxy) is 1. The molecule has 3 aromatic rings. The highest BCUT2D eigenvalue weighted by atomic mass is 16.5. The van der Waals surface area contributed by atoms with E-state index in [4.69, 9.17) is 10.5 Å². The zero-order valence-electron chi connectivity index (χ0n) is 20.0. The van der Waals surface area contributed by atoms with E-state index in [0.717, 1.165) is 12.0 Å². The van der Waals surface area contributed by atoms with E-state index in [1.54, 1.807) is 36.4 Å². The molecule has 2 atom stereocenters. The second-order valence-electron chi connectivity index (χ2n) is 9.02. The number of carbonyl (C=O) groups excluding carboxylic acids is 2. The van der Waals surface area contributed by atoms with E-state index in [1.165, 1.54) is 11.8 Å². The van der Waals surface area contributed by atoms with Crippen LogP contribution in [0.25, 0.3) is 0 Å². The number of nitrogens with zero attached hydrogens (tertiary/aromatic N) is 1. The van der Waals surface area contributed by atoms with Crippen molar-refractivity contribution in [2.45, 2.75) is 51.4 Å². The molecule has 0 radical (unpaired) electrons. The maximum atomic E-state index is 12.4. The lowest BCUT2D eigenvalue weighted by molar-refractivity contribution is 0.102. The summed E-state index contributed by atoms with van der Waals surface area (Å²) < 4.78 is 5.31. The van der Waals surface area contributed by atoms with Crippen LogP contribution in [-0.4, -0.2) is 29.1 Å².